The fourth-order valence-corrected chi connectivity index (χ4v) is 3.27. The Kier molecular flexibility index (Phi) is 7.06. The van der Waals surface area contributed by atoms with Crippen LogP contribution in [0.15, 0.2) is 48.5 Å². The molecule has 0 bridgehead atoms. The molecule has 2 aromatic carbocycles. The van der Waals surface area contributed by atoms with Crippen molar-refractivity contribution in [3.63, 3.8) is 0 Å². The maximum Gasteiger partial charge on any atom is 0.251 e. The van der Waals surface area contributed by atoms with Gasteiger partial charge >= 0.3 is 0 Å². The number of hydrogen-bond donors (Lipinski definition) is 1. The van der Waals surface area contributed by atoms with Gasteiger partial charge in [0.15, 0.2) is 0 Å². The van der Waals surface area contributed by atoms with E-state index in [0.29, 0.717) is 5.56 Å². The number of nitrogens with one attached hydrogen (secondary N) is 1. The molecule has 1 aliphatic rings. The second kappa shape index (κ2) is 9.71. The van der Waals surface area contributed by atoms with Crippen molar-refractivity contribution >= 4 is 5.91 Å². The number of hydrogen-bond acceptors (Lipinski definition) is 4. The molecule has 1 aliphatic heterocycles. The first-order valence-corrected chi connectivity index (χ1v) is 9.95. The summed E-state index contributed by atoms with van der Waals surface area (Å²) in [5, 5.41) is 3.21. The van der Waals surface area contributed by atoms with Crippen LogP contribution >= 0.6 is 0 Å². The minimum atomic E-state index is -0.0741. The first-order valence-electron chi connectivity index (χ1n) is 9.95. The van der Waals surface area contributed by atoms with Gasteiger partial charge in [-0.3, -0.25) is 9.69 Å². The van der Waals surface area contributed by atoms with Crippen molar-refractivity contribution < 1.29 is 14.3 Å². The highest BCUT2D eigenvalue weighted by Crippen LogP contribution is 2.19. The largest absolute Gasteiger partial charge is 0.491 e. The Labute approximate surface area is 167 Å². The average molecular weight is 383 g/mol. The smallest absolute Gasteiger partial charge is 0.251 e. The van der Waals surface area contributed by atoms with Crippen LogP contribution in [0.5, 0.6) is 5.75 Å². The van der Waals surface area contributed by atoms with Gasteiger partial charge in [-0.05, 0) is 50.6 Å². The number of benzene rings is 2. The molecule has 0 saturated carbocycles. The molecule has 1 saturated heterocycles. The van der Waals surface area contributed by atoms with Crippen LogP contribution in [0.2, 0.25) is 0 Å². The number of carbonyl (C=O) groups is 1. The zero-order chi connectivity index (χ0) is 19.9. The Morgan fingerprint density at radius 3 is 2.32 bits per heavy atom. The number of amides is 1. The summed E-state index contributed by atoms with van der Waals surface area (Å²) in [5.74, 6) is 0.699. The standard InChI is InChI=1S/C23H30N2O3/c1-17(2)28-21-10-8-20(9-11-21)23(26)24-22(16-25-12-14-27-15-13-25)19-6-4-18(3)5-7-19/h4-11,17,22H,12-16H2,1-3H3,(H,24,26). The zero-order valence-corrected chi connectivity index (χ0v) is 17.0. The lowest BCUT2D eigenvalue weighted by Gasteiger charge is -2.31. The molecule has 1 fully saturated rings. The minimum Gasteiger partial charge on any atom is -0.491 e. The van der Waals surface area contributed by atoms with E-state index in [4.69, 9.17) is 9.47 Å². The zero-order valence-electron chi connectivity index (χ0n) is 17.0. The first kappa shape index (κ1) is 20.4. The van der Waals surface area contributed by atoms with Crippen LogP contribution in [0.1, 0.15) is 41.4 Å². The van der Waals surface area contributed by atoms with E-state index in [1.807, 2.05) is 38.1 Å². The summed E-state index contributed by atoms with van der Waals surface area (Å²) in [6.45, 7) is 10.1. The van der Waals surface area contributed by atoms with E-state index < -0.39 is 0 Å². The van der Waals surface area contributed by atoms with Gasteiger partial charge in [0.25, 0.3) is 5.91 Å². The molecule has 1 heterocycles. The van der Waals surface area contributed by atoms with Gasteiger partial charge in [0.05, 0.1) is 25.4 Å². The summed E-state index contributed by atoms with van der Waals surface area (Å²) in [4.78, 5) is 15.2. The van der Waals surface area contributed by atoms with Crippen molar-refractivity contribution in [2.45, 2.75) is 32.9 Å². The molecule has 0 radical (unpaired) electrons. The lowest BCUT2D eigenvalue weighted by molar-refractivity contribution is 0.0332. The molecule has 28 heavy (non-hydrogen) atoms. The summed E-state index contributed by atoms with van der Waals surface area (Å²) in [7, 11) is 0. The van der Waals surface area contributed by atoms with E-state index in [9.17, 15) is 4.79 Å². The molecule has 1 atom stereocenters. The summed E-state index contributed by atoms with van der Waals surface area (Å²) < 4.78 is 11.1. The summed E-state index contributed by atoms with van der Waals surface area (Å²) in [6.07, 6.45) is 0.110. The number of aryl methyl sites for hydroxylation is 1. The van der Waals surface area contributed by atoms with Crippen LogP contribution in [0.4, 0.5) is 0 Å². The van der Waals surface area contributed by atoms with Gasteiger partial charge in [0.1, 0.15) is 5.75 Å². The van der Waals surface area contributed by atoms with Crippen LogP contribution in [0.3, 0.4) is 0 Å². The monoisotopic (exact) mass is 382 g/mol. The Morgan fingerprint density at radius 2 is 1.71 bits per heavy atom. The second-order valence-electron chi connectivity index (χ2n) is 7.54. The van der Waals surface area contributed by atoms with Gasteiger partial charge in [0.2, 0.25) is 0 Å². The average Bonchev–Trinajstić information content (AvgIpc) is 2.69. The van der Waals surface area contributed by atoms with Crippen LogP contribution < -0.4 is 10.1 Å². The lowest BCUT2D eigenvalue weighted by Crippen LogP contribution is -2.43. The molecule has 0 spiro atoms. The van der Waals surface area contributed by atoms with Crippen LogP contribution in [0, 0.1) is 6.92 Å². The Hall–Kier alpha value is -2.37. The van der Waals surface area contributed by atoms with Gasteiger partial charge in [-0.25, -0.2) is 0 Å². The van der Waals surface area contributed by atoms with Gasteiger partial charge in [-0.2, -0.15) is 0 Å². The molecule has 1 N–H and O–H groups in total. The molecule has 150 valence electrons. The van der Waals surface area contributed by atoms with Gasteiger partial charge in [-0.1, -0.05) is 29.8 Å². The minimum absolute atomic E-state index is 0.0715. The molecular formula is C23H30N2O3. The first-order chi connectivity index (χ1) is 13.5. The quantitative estimate of drug-likeness (QED) is 0.795. The Bertz CT molecular complexity index is 750. The van der Waals surface area contributed by atoms with E-state index in [1.165, 1.54) is 5.56 Å². The maximum absolute atomic E-state index is 12.9. The normalized spacial score (nSPS) is 16.0. The second-order valence-corrected chi connectivity index (χ2v) is 7.54. The van der Waals surface area contributed by atoms with Crippen LogP contribution in [-0.4, -0.2) is 49.8 Å². The number of morpholine rings is 1. The molecule has 0 aliphatic carbocycles. The van der Waals surface area contributed by atoms with Crippen LogP contribution in [-0.2, 0) is 4.74 Å². The third kappa shape index (κ3) is 5.81. The summed E-state index contributed by atoms with van der Waals surface area (Å²) in [6, 6.07) is 15.6. The summed E-state index contributed by atoms with van der Waals surface area (Å²) in [5.41, 5.74) is 2.96. The van der Waals surface area contributed by atoms with E-state index in [2.05, 4.69) is 41.4 Å². The molecule has 0 aromatic heterocycles. The molecule has 5 nitrogen and oxygen atoms in total. The van der Waals surface area contributed by atoms with Crippen molar-refractivity contribution in [2.75, 3.05) is 32.8 Å². The Morgan fingerprint density at radius 1 is 1.07 bits per heavy atom. The molecular weight excluding hydrogens is 352 g/mol. The number of ether oxygens (including phenoxy) is 2. The summed E-state index contributed by atoms with van der Waals surface area (Å²) >= 11 is 0. The number of carbonyl (C=O) groups excluding carboxylic acids is 1. The lowest BCUT2D eigenvalue weighted by atomic mass is 10.0. The SMILES string of the molecule is Cc1ccc(C(CN2CCOCC2)NC(=O)c2ccc(OC(C)C)cc2)cc1. The fraction of sp³-hybridized carbons (Fsp3) is 0.435. The van der Waals surface area contributed by atoms with Gasteiger partial charge < -0.3 is 14.8 Å². The third-order valence-electron chi connectivity index (χ3n) is 4.82. The van der Waals surface area contributed by atoms with Crippen molar-refractivity contribution in [1.29, 1.82) is 0 Å². The van der Waals surface area contributed by atoms with E-state index >= 15 is 0 Å². The highest BCUT2D eigenvalue weighted by atomic mass is 16.5. The van der Waals surface area contributed by atoms with Gasteiger partial charge in [-0.15, -0.1) is 0 Å². The van der Waals surface area contributed by atoms with Gasteiger partial charge in [0, 0.05) is 25.2 Å². The van der Waals surface area contributed by atoms with E-state index in [1.54, 1.807) is 0 Å². The predicted molar refractivity (Wildman–Crippen MR) is 111 cm³/mol. The van der Waals surface area contributed by atoms with Crippen molar-refractivity contribution in [3.8, 4) is 5.75 Å². The number of rotatable bonds is 7. The van der Waals surface area contributed by atoms with Crippen molar-refractivity contribution in [1.82, 2.24) is 10.2 Å². The molecule has 2 aromatic rings. The highest BCUT2D eigenvalue weighted by molar-refractivity contribution is 5.94. The number of nitrogens with zero attached hydrogens (tertiary/aromatic N) is 1. The maximum atomic E-state index is 12.9. The van der Waals surface area contributed by atoms with E-state index in [-0.39, 0.29) is 18.1 Å². The molecule has 5 heteroatoms. The molecule has 3 rings (SSSR count). The van der Waals surface area contributed by atoms with Crippen LogP contribution in [0.25, 0.3) is 0 Å². The van der Waals surface area contributed by atoms with E-state index in [0.717, 1.165) is 44.2 Å². The fourth-order valence-electron chi connectivity index (χ4n) is 3.27. The molecule has 1 amide bonds. The predicted octanol–water partition coefficient (Wildman–Crippen LogP) is 3.59. The topological polar surface area (TPSA) is 50.8 Å². The third-order valence-corrected chi connectivity index (χ3v) is 4.82. The van der Waals surface area contributed by atoms with Crippen molar-refractivity contribution in [3.05, 3.63) is 65.2 Å². The highest BCUT2D eigenvalue weighted by Gasteiger charge is 2.21. The van der Waals surface area contributed by atoms with Crippen molar-refractivity contribution in [2.24, 2.45) is 0 Å². The molecule has 1 unspecified atom stereocenters. The Balaban J connectivity index is 1.72.